The molecule has 1 saturated heterocycles. The van der Waals surface area contributed by atoms with Crippen molar-refractivity contribution in [1.82, 2.24) is 4.90 Å². The maximum absolute atomic E-state index is 5.62. The molecule has 4 heteroatoms. The quantitative estimate of drug-likeness (QED) is 0.834. The fourth-order valence-electron chi connectivity index (χ4n) is 2.92. The van der Waals surface area contributed by atoms with Crippen LogP contribution in [0.3, 0.4) is 0 Å². The number of thiocarbonyl (C=S) groups is 1. The molecule has 0 saturated carbocycles. The Kier molecular flexibility index (Phi) is 4.86. The molecule has 20 heavy (non-hydrogen) atoms. The van der Waals surface area contributed by atoms with Gasteiger partial charge in [-0.1, -0.05) is 6.07 Å². The summed E-state index contributed by atoms with van der Waals surface area (Å²) in [6.07, 6.45) is 3.70. The summed E-state index contributed by atoms with van der Waals surface area (Å²) in [7, 11) is 1.69. The van der Waals surface area contributed by atoms with E-state index < -0.39 is 0 Å². The van der Waals surface area contributed by atoms with E-state index in [1.54, 1.807) is 7.11 Å². The lowest BCUT2D eigenvalue weighted by Crippen LogP contribution is -2.49. The van der Waals surface area contributed by atoms with E-state index in [0.29, 0.717) is 12.1 Å². The van der Waals surface area contributed by atoms with Crippen molar-refractivity contribution >= 4 is 23.0 Å². The Morgan fingerprint density at radius 3 is 2.55 bits per heavy atom. The molecule has 2 unspecified atom stereocenters. The van der Waals surface area contributed by atoms with Gasteiger partial charge in [0, 0.05) is 12.1 Å². The Hall–Kier alpha value is -1.29. The third kappa shape index (κ3) is 3.23. The molecule has 0 aliphatic carbocycles. The predicted molar refractivity (Wildman–Crippen MR) is 88.6 cm³/mol. The lowest BCUT2D eigenvalue weighted by Gasteiger charge is -2.41. The van der Waals surface area contributed by atoms with E-state index in [9.17, 15) is 0 Å². The first-order valence-corrected chi connectivity index (χ1v) is 7.67. The molecule has 1 N–H and O–H groups in total. The fraction of sp³-hybridized carbons (Fsp3) is 0.562. The van der Waals surface area contributed by atoms with Crippen LogP contribution in [0.1, 0.15) is 38.7 Å². The van der Waals surface area contributed by atoms with Gasteiger partial charge in [-0.3, -0.25) is 0 Å². The normalized spacial score (nSPS) is 22.5. The summed E-state index contributed by atoms with van der Waals surface area (Å²) in [6.45, 7) is 6.56. The lowest BCUT2D eigenvalue weighted by molar-refractivity contribution is 0.194. The molecule has 0 bridgehead atoms. The number of benzene rings is 1. The summed E-state index contributed by atoms with van der Waals surface area (Å²) in [4.78, 5) is 2.32. The van der Waals surface area contributed by atoms with Crippen molar-refractivity contribution in [3.05, 3.63) is 23.8 Å². The van der Waals surface area contributed by atoms with Gasteiger partial charge in [-0.15, -0.1) is 0 Å². The van der Waals surface area contributed by atoms with Gasteiger partial charge < -0.3 is 15.0 Å². The van der Waals surface area contributed by atoms with Crippen molar-refractivity contribution in [2.45, 2.75) is 52.1 Å². The number of methoxy groups -OCH3 is 1. The second-order valence-corrected chi connectivity index (χ2v) is 6.06. The van der Waals surface area contributed by atoms with E-state index in [0.717, 1.165) is 16.5 Å². The lowest BCUT2D eigenvalue weighted by atomic mass is 9.98. The number of rotatable bonds is 2. The summed E-state index contributed by atoms with van der Waals surface area (Å²) in [6, 6.07) is 7.08. The van der Waals surface area contributed by atoms with Gasteiger partial charge in [0.1, 0.15) is 5.75 Å². The van der Waals surface area contributed by atoms with Gasteiger partial charge in [-0.25, -0.2) is 0 Å². The second-order valence-electron chi connectivity index (χ2n) is 5.67. The van der Waals surface area contributed by atoms with Gasteiger partial charge in [-0.05, 0) is 69.9 Å². The highest BCUT2D eigenvalue weighted by molar-refractivity contribution is 7.80. The average Bonchev–Trinajstić information content (AvgIpc) is 2.38. The molecular weight excluding hydrogens is 268 g/mol. The number of ether oxygens (including phenoxy) is 1. The van der Waals surface area contributed by atoms with Crippen LogP contribution in [0.4, 0.5) is 5.69 Å². The van der Waals surface area contributed by atoms with E-state index in [-0.39, 0.29) is 0 Å². The molecule has 1 aromatic rings. The van der Waals surface area contributed by atoms with Gasteiger partial charge in [0.15, 0.2) is 5.11 Å². The zero-order valence-electron chi connectivity index (χ0n) is 12.8. The second kappa shape index (κ2) is 6.44. The topological polar surface area (TPSA) is 24.5 Å². The summed E-state index contributed by atoms with van der Waals surface area (Å²) >= 11 is 5.62. The fourth-order valence-corrected chi connectivity index (χ4v) is 3.39. The number of anilines is 1. The SMILES string of the molecule is COc1ccc(C)cc1NC(=S)N1C(C)CCCC1C. The van der Waals surface area contributed by atoms with Crippen molar-refractivity contribution in [2.75, 3.05) is 12.4 Å². The molecule has 1 fully saturated rings. The molecule has 1 aromatic carbocycles. The molecule has 110 valence electrons. The van der Waals surface area contributed by atoms with Crippen LogP contribution < -0.4 is 10.1 Å². The average molecular weight is 292 g/mol. The highest BCUT2D eigenvalue weighted by atomic mass is 32.1. The summed E-state index contributed by atoms with van der Waals surface area (Å²) in [5.41, 5.74) is 2.14. The molecule has 2 rings (SSSR count). The van der Waals surface area contributed by atoms with Crippen LogP contribution >= 0.6 is 12.2 Å². The van der Waals surface area contributed by atoms with E-state index in [4.69, 9.17) is 17.0 Å². The Labute approximate surface area is 127 Å². The smallest absolute Gasteiger partial charge is 0.174 e. The summed E-state index contributed by atoms with van der Waals surface area (Å²) < 4.78 is 5.40. The molecule has 0 spiro atoms. The third-order valence-electron chi connectivity index (χ3n) is 4.02. The Bertz CT molecular complexity index is 479. The first-order valence-electron chi connectivity index (χ1n) is 7.27. The molecule has 2 atom stereocenters. The zero-order valence-corrected chi connectivity index (χ0v) is 13.6. The number of piperidine rings is 1. The molecule has 1 heterocycles. The maximum atomic E-state index is 5.62. The van der Waals surface area contributed by atoms with E-state index >= 15 is 0 Å². The highest BCUT2D eigenvalue weighted by Gasteiger charge is 2.27. The Morgan fingerprint density at radius 1 is 1.30 bits per heavy atom. The summed E-state index contributed by atoms with van der Waals surface area (Å²) in [5.74, 6) is 0.829. The standard InChI is InChI=1S/C16H24N2OS/c1-11-8-9-15(19-4)14(10-11)17-16(20)18-12(2)6-5-7-13(18)3/h8-10,12-13H,5-7H2,1-4H3,(H,17,20). The predicted octanol–water partition coefficient (Wildman–Crippen LogP) is 3.96. The number of hydrogen-bond acceptors (Lipinski definition) is 2. The maximum Gasteiger partial charge on any atom is 0.174 e. The van der Waals surface area contributed by atoms with E-state index in [1.807, 2.05) is 12.1 Å². The molecule has 1 aliphatic heterocycles. The molecule has 3 nitrogen and oxygen atoms in total. The number of likely N-dealkylation sites (tertiary alicyclic amines) is 1. The number of nitrogens with one attached hydrogen (secondary N) is 1. The van der Waals surface area contributed by atoms with Gasteiger partial charge in [0.25, 0.3) is 0 Å². The van der Waals surface area contributed by atoms with Crippen LogP contribution in [0.2, 0.25) is 0 Å². The van der Waals surface area contributed by atoms with Crippen molar-refractivity contribution in [2.24, 2.45) is 0 Å². The molecule has 0 radical (unpaired) electrons. The van der Waals surface area contributed by atoms with Crippen molar-refractivity contribution in [3.8, 4) is 5.75 Å². The van der Waals surface area contributed by atoms with Crippen LogP contribution in [-0.2, 0) is 0 Å². The van der Waals surface area contributed by atoms with Crippen LogP contribution in [0.5, 0.6) is 5.75 Å². The highest BCUT2D eigenvalue weighted by Crippen LogP contribution is 2.28. The Balaban J connectivity index is 2.16. The van der Waals surface area contributed by atoms with Gasteiger partial charge in [0.05, 0.1) is 12.8 Å². The largest absolute Gasteiger partial charge is 0.495 e. The van der Waals surface area contributed by atoms with Crippen molar-refractivity contribution in [3.63, 3.8) is 0 Å². The minimum Gasteiger partial charge on any atom is -0.495 e. The minimum absolute atomic E-state index is 0.495. The third-order valence-corrected chi connectivity index (χ3v) is 4.34. The van der Waals surface area contributed by atoms with Crippen molar-refractivity contribution in [1.29, 1.82) is 0 Å². The van der Waals surface area contributed by atoms with Gasteiger partial charge >= 0.3 is 0 Å². The Morgan fingerprint density at radius 2 is 1.95 bits per heavy atom. The van der Waals surface area contributed by atoms with Crippen LogP contribution in [0.25, 0.3) is 0 Å². The number of aryl methyl sites for hydroxylation is 1. The molecule has 0 amide bonds. The van der Waals surface area contributed by atoms with E-state index in [1.165, 1.54) is 24.8 Å². The van der Waals surface area contributed by atoms with Crippen molar-refractivity contribution < 1.29 is 4.74 Å². The first-order chi connectivity index (χ1) is 9.52. The molecule has 0 aromatic heterocycles. The molecular formula is C16H24N2OS. The van der Waals surface area contributed by atoms with Gasteiger partial charge in [0.2, 0.25) is 0 Å². The van der Waals surface area contributed by atoms with Crippen LogP contribution in [0, 0.1) is 6.92 Å². The zero-order chi connectivity index (χ0) is 14.7. The molecule has 1 aliphatic rings. The monoisotopic (exact) mass is 292 g/mol. The van der Waals surface area contributed by atoms with Crippen LogP contribution in [0.15, 0.2) is 18.2 Å². The van der Waals surface area contributed by atoms with Crippen LogP contribution in [-0.4, -0.2) is 29.2 Å². The minimum atomic E-state index is 0.495. The first kappa shape index (κ1) is 15.1. The van der Waals surface area contributed by atoms with E-state index in [2.05, 4.69) is 37.1 Å². The number of nitrogens with zero attached hydrogens (tertiary/aromatic N) is 1. The summed E-state index contributed by atoms with van der Waals surface area (Å²) in [5, 5.41) is 4.16. The number of hydrogen-bond donors (Lipinski definition) is 1. The van der Waals surface area contributed by atoms with Gasteiger partial charge in [-0.2, -0.15) is 0 Å².